The van der Waals surface area contributed by atoms with Crippen LogP contribution >= 0.6 is 31.9 Å². The van der Waals surface area contributed by atoms with Crippen molar-refractivity contribution in [2.75, 3.05) is 10.6 Å². The van der Waals surface area contributed by atoms with E-state index in [4.69, 9.17) is 5.73 Å². The highest BCUT2D eigenvalue weighted by atomic mass is 79.9. The lowest BCUT2D eigenvalue weighted by Crippen LogP contribution is -2.23. The fraction of sp³-hybridized carbons (Fsp3) is 0.0769. The summed E-state index contributed by atoms with van der Waals surface area (Å²) >= 11 is 6.42. The Balaban J connectivity index is 0.000000269. The first-order valence-electron chi connectivity index (χ1n) is 9.91. The first kappa shape index (κ1) is 24.0. The predicted octanol–water partition coefficient (Wildman–Crippen LogP) is 7.97. The normalized spacial score (nSPS) is 10.2. The van der Waals surface area contributed by atoms with E-state index >= 15 is 0 Å². The molecule has 0 unspecified atom stereocenters. The van der Waals surface area contributed by atoms with E-state index in [0.29, 0.717) is 23.2 Å². The Labute approximate surface area is 204 Å². The van der Waals surface area contributed by atoms with Crippen molar-refractivity contribution in [3.63, 3.8) is 0 Å². The smallest absolute Gasteiger partial charge is 0.147 e. The summed E-state index contributed by atoms with van der Waals surface area (Å²) in [5, 5.41) is 0. The lowest BCUT2D eigenvalue weighted by molar-refractivity contribution is 0.614. The Kier molecular flexibility index (Phi) is 8.82. The van der Waals surface area contributed by atoms with Gasteiger partial charge in [0.2, 0.25) is 0 Å². The highest BCUT2D eigenvalue weighted by Gasteiger charge is 2.13. The summed E-state index contributed by atoms with van der Waals surface area (Å²) in [7, 11) is 0. The van der Waals surface area contributed by atoms with Crippen LogP contribution in [0.2, 0.25) is 0 Å². The van der Waals surface area contributed by atoms with E-state index in [0.717, 1.165) is 15.6 Å². The minimum atomic E-state index is -0.385. The number of rotatable bonds is 5. The van der Waals surface area contributed by atoms with E-state index in [1.54, 1.807) is 6.07 Å². The fourth-order valence-electron chi connectivity index (χ4n) is 3.07. The van der Waals surface area contributed by atoms with Gasteiger partial charge in [0.25, 0.3) is 0 Å². The molecule has 0 heterocycles. The summed E-state index contributed by atoms with van der Waals surface area (Å²) in [5.41, 5.74) is 8.30. The summed E-state index contributed by atoms with van der Waals surface area (Å²) in [6.07, 6.45) is 0. The maximum absolute atomic E-state index is 14.4. The van der Waals surface area contributed by atoms with Crippen LogP contribution in [-0.4, -0.2) is 0 Å². The van der Waals surface area contributed by atoms with E-state index < -0.39 is 0 Å². The lowest BCUT2D eigenvalue weighted by Gasteiger charge is -2.26. The average Bonchev–Trinajstić information content (AvgIpc) is 2.78. The largest absolute Gasteiger partial charge is 0.396 e. The van der Waals surface area contributed by atoms with Gasteiger partial charge in [-0.2, -0.15) is 0 Å². The lowest BCUT2D eigenvalue weighted by atomic mass is 10.1. The van der Waals surface area contributed by atoms with Gasteiger partial charge in [0.1, 0.15) is 11.6 Å². The van der Waals surface area contributed by atoms with Crippen LogP contribution in [0, 0.1) is 11.6 Å². The van der Waals surface area contributed by atoms with Crippen molar-refractivity contribution in [2.45, 2.75) is 13.1 Å². The van der Waals surface area contributed by atoms with Gasteiger partial charge >= 0.3 is 0 Å². The van der Waals surface area contributed by atoms with Crippen molar-refractivity contribution in [1.29, 1.82) is 0 Å². The van der Waals surface area contributed by atoms with Crippen LogP contribution in [-0.2, 0) is 13.1 Å². The molecule has 0 spiro atoms. The third-order valence-electron chi connectivity index (χ3n) is 4.65. The van der Waals surface area contributed by atoms with Gasteiger partial charge in [0.05, 0.1) is 11.4 Å². The van der Waals surface area contributed by atoms with Crippen molar-refractivity contribution in [2.24, 2.45) is 0 Å². The number of hydrogen-bond donors (Lipinski definition) is 1. The van der Waals surface area contributed by atoms with Gasteiger partial charge in [0.15, 0.2) is 0 Å². The quantitative estimate of drug-likeness (QED) is 0.251. The molecule has 0 aliphatic rings. The molecule has 2 nitrogen and oxygen atoms in total. The monoisotopic (exact) mass is 558 g/mol. The van der Waals surface area contributed by atoms with E-state index in [1.807, 2.05) is 48.5 Å². The Morgan fingerprint density at radius 3 is 1.53 bits per heavy atom. The number of hydrogen-bond acceptors (Lipinski definition) is 2. The van der Waals surface area contributed by atoms with Gasteiger partial charge in [-0.25, -0.2) is 8.78 Å². The zero-order chi connectivity index (χ0) is 22.9. The number of nitrogens with two attached hydrogens (primary N) is 1. The molecule has 0 aliphatic heterocycles. The molecule has 0 fully saturated rings. The SMILES string of the molecule is Fc1cc(Br)ccc1N(Cc1ccccc1)Cc1ccccc1.Nc1ccc(Br)cc1F. The number of nitrogen functional groups attached to an aromatic ring is 1. The molecule has 164 valence electrons. The minimum absolute atomic E-state index is 0.179. The van der Waals surface area contributed by atoms with E-state index in [-0.39, 0.29) is 17.3 Å². The predicted molar refractivity (Wildman–Crippen MR) is 135 cm³/mol. The summed E-state index contributed by atoms with van der Waals surface area (Å²) in [6, 6.07) is 30.0. The zero-order valence-electron chi connectivity index (χ0n) is 17.2. The van der Waals surface area contributed by atoms with E-state index in [1.165, 1.54) is 18.2 Å². The number of halogens is 4. The highest BCUT2D eigenvalue weighted by molar-refractivity contribution is 9.10. The second kappa shape index (κ2) is 11.8. The molecule has 4 aromatic carbocycles. The van der Waals surface area contributed by atoms with Crippen LogP contribution in [0.25, 0.3) is 0 Å². The molecular weight excluding hydrogens is 538 g/mol. The molecule has 0 aromatic heterocycles. The first-order chi connectivity index (χ1) is 15.4. The molecule has 32 heavy (non-hydrogen) atoms. The molecule has 0 radical (unpaired) electrons. The second-order valence-electron chi connectivity index (χ2n) is 7.09. The van der Waals surface area contributed by atoms with Crippen molar-refractivity contribution in [3.05, 3.63) is 129 Å². The highest BCUT2D eigenvalue weighted by Crippen LogP contribution is 2.26. The zero-order valence-corrected chi connectivity index (χ0v) is 20.4. The maximum atomic E-state index is 14.4. The standard InChI is InChI=1S/C20H17BrFN.C6H5BrFN/c21-18-11-12-20(19(22)13-18)23(14-16-7-3-1-4-8-16)15-17-9-5-2-6-10-17;7-4-1-2-6(9)5(8)3-4/h1-13H,14-15H2;1-3H,9H2. The van der Waals surface area contributed by atoms with Gasteiger partial charge < -0.3 is 10.6 Å². The van der Waals surface area contributed by atoms with Gasteiger partial charge in [-0.3, -0.25) is 0 Å². The molecule has 0 saturated heterocycles. The average molecular weight is 560 g/mol. The Hall–Kier alpha value is -2.70. The summed E-state index contributed by atoms with van der Waals surface area (Å²) in [6.45, 7) is 1.32. The van der Waals surface area contributed by atoms with Crippen molar-refractivity contribution >= 4 is 43.2 Å². The van der Waals surface area contributed by atoms with Gasteiger partial charge in [0, 0.05) is 22.0 Å². The first-order valence-corrected chi connectivity index (χ1v) is 11.5. The molecule has 0 atom stereocenters. The minimum Gasteiger partial charge on any atom is -0.396 e. The molecule has 0 aliphatic carbocycles. The van der Waals surface area contributed by atoms with Gasteiger partial charge in [-0.1, -0.05) is 92.5 Å². The van der Waals surface area contributed by atoms with Crippen LogP contribution in [0.15, 0.2) is 106 Å². The second-order valence-corrected chi connectivity index (χ2v) is 8.92. The van der Waals surface area contributed by atoms with E-state index in [9.17, 15) is 8.78 Å². The van der Waals surface area contributed by atoms with Crippen LogP contribution in [0.1, 0.15) is 11.1 Å². The molecule has 0 bridgehead atoms. The molecular formula is C26H22Br2F2N2. The third kappa shape index (κ3) is 7.18. The number of anilines is 2. The molecule has 0 saturated carbocycles. The van der Waals surface area contributed by atoms with Crippen LogP contribution in [0.3, 0.4) is 0 Å². The molecule has 0 amide bonds. The molecule has 4 rings (SSSR count). The molecule has 6 heteroatoms. The van der Waals surface area contributed by atoms with Crippen molar-refractivity contribution in [3.8, 4) is 0 Å². The van der Waals surface area contributed by atoms with Gasteiger partial charge in [-0.15, -0.1) is 0 Å². The third-order valence-corrected chi connectivity index (χ3v) is 5.63. The van der Waals surface area contributed by atoms with Gasteiger partial charge in [-0.05, 0) is 47.5 Å². The topological polar surface area (TPSA) is 29.3 Å². The van der Waals surface area contributed by atoms with E-state index in [2.05, 4.69) is 61.0 Å². The maximum Gasteiger partial charge on any atom is 0.147 e. The Bertz CT molecular complexity index is 1100. The molecule has 2 N–H and O–H groups in total. The number of nitrogens with zero attached hydrogens (tertiary/aromatic N) is 1. The Morgan fingerprint density at radius 1 is 0.625 bits per heavy atom. The molecule has 4 aromatic rings. The summed E-state index contributed by atoms with van der Waals surface area (Å²) in [4.78, 5) is 2.06. The number of benzene rings is 4. The Morgan fingerprint density at radius 2 is 1.09 bits per heavy atom. The summed E-state index contributed by atoms with van der Waals surface area (Å²) in [5.74, 6) is -0.601. The van der Waals surface area contributed by atoms with Crippen LogP contribution in [0.5, 0.6) is 0 Å². The fourth-order valence-corrected chi connectivity index (χ4v) is 3.74. The van der Waals surface area contributed by atoms with Crippen molar-refractivity contribution in [1.82, 2.24) is 0 Å². The van der Waals surface area contributed by atoms with Crippen molar-refractivity contribution < 1.29 is 8.78 Å². The van der Waals surface area contributed by atoms with Crippen LogP contribution in [0.4, 0.5) is 20.2 Å². The summed E-state index contributed by atoms with van der Waals surface area (Å²) < 4.78 is 28.3. The van der Waals surface area contributed by atoms with Crippen LogP contribution < -0.4 is 10.6 Å².